The van der Waals surface area contributed by atoms with Crippen LogP contribution >= 0.6 is 0 Å². The highest BCUT2D eigenvalue weighted by atomic mass is 19.1. The third-order valence-electron chi connectivity index (χ3n) is 3.43. The van der Waals surface area contributed by atoms with Gasteiger partial charge in [0, 0.05) is 19.0 Å². The molecule has 0 saturated heterocycles. The van der Waals surface area contributed by atoms with E-state index >= 15 is 0 Å². The van der Waals surface area contributed by atoms with Crippen LogP contribution in [0.5, 0.6) is 0 Å². The maximum atomic E-state index is 14.0. The highest BCUT2D eigenvalue weighted by Gasteiger charge is 2.21. The van der Waals surface area contributed by atoms with E-state index < -0.39 is 11.6 Å². The first kappa shape index (κ1) is 13.2. The van der Waals surface area contributed by atoms with Crippen LogP contribution < -0.4 is 5.32 Å². The predicted molar refractivity (Wildman–Crippen MR) is 71.3 cm³/mol. The molecule has 0 spiro atoms. The minimum absolute atomic E-state index is 0.140. The first-order valence-electron chi connectivity index (χ1n) is 6.78. The minimum atomic E-state index is -0.632. The van der Waals surface area contributed by atoms with Crippen molar-refractivity contribution in [2.75, 3.05) is 6.54 Å². The zero-order valence-corrected chi connectivity index (χ0v) is 11.2. The smallest absolute Gasteiger partial charge is 0.196 e. The maximum absolute atomic E-state index is 14.0. The van der Waals surface area contributed by atoms with E-state index in [1.165, 1.54) is 31.2 Å². The molecule has 3 rings (SSSR count). The molecule has 0 radical (unpaired) electrons. The van der Waals surface area contributed by atoms with Crippen LogP contribution in [0.1, 0.15) is 24.3 Å². The number of rotatable bonds is 5. The van der Waals surface area contributed by atoms with Gasteiger partial charge in [-0.05, 0) is 31.4 Å². The highest BCUT2D eigenvalue weighted by Crippen LogP contribution is 2.28. The quantitative estimate of drug-likeness (QED) is 0.912. The van der Waals surface area contributed by atoms with Crippen molar-refractivity contribution in [3.8, 4) is 11.3 Å². The molecule has 1 aromatic carbocycles. The Morgan fingerprint density at radius 1 is 1.35 bits per heavy atom. The lowest BCUT2D eigenvalue weighted by molar-refractivity contribution is 0.486. The third kappa shape index (κ3) is 2.72. The molecular weight excluding hydrogens is 262 g/mol. The van der Waals surface area contributed by atoms with E-state index in [1.807, 2.05) is 0 Å². The summed E-state index contributed by atoms with van der Waals surface area (Å²) in [6.45, 7) is 2.36. The normalized spacial score (nSPS) is 14.8. The lowest BCUT2D eigenvalue weighted by atomic mass is 10.1. The van der Waals surface area contributed by atoms with Crippen molar-refractivity contribution in [3.05, 3.63) is 41.4 Å². The molecule has 1 fully saturated rings. The van der Waals surface area contributed by atoms with E-state index in [4.69, 9.17) is 4.42 Å². The van der Waals surface area contributed by atoms with Gasteiger partial charge in [0.25, 0.3) is 0 Å². The van der Waals surface area contributed by atoms with Gasteiger partial charge < -0.3 is 9.73 Å². The number of aromatic nitrogens is 1. The summed E-state index contributed by atoms with van der Waals surface area (Å²) in [6.07, 6.45) is 4.44. The molecule has 0 unspecified atom stereocenters. The fourth-order valence-corrected chi connectivity index (χ4v) is 2.09. The van der Waals surface area contributed by atoms with Crippen LogP contribution in [0.3, 0.4) is 0 Å². The van der Waals surface area contributed by atoms with Crippen molar-refractivity contribution in [3.63, 3.8) is 0 Å². The molecule has 20 heavy (non-hydrogen) atoms. The molecular formula is C15H16F2N2O. The summed E-state index contributed by atoms with van der Waals surface area (Å²) in [4.78, 5) is 4.08. The fourth-order valence-electron chi connectivity index (χ4n) is 2.09. The Balaban J connectivity index is 1.77. The molecule has 3 nitrogen and oxygen atoms in total. The molecule has 1 N–H and O–H groups in total. The zero-order valence-electron chi connectivity index (χ0n) is 11.2. The van der Waals surface area contributed by atoms with E-state index in [1.54, 1.807) is 6.92 Å². The number of benzene rings is 1. The summed E-state index contributed by atoms with van der Waals surface area (Å²) in [6, 6.07) is 3.27. The van der Waals surface area contributed by atoms with E-state index in [0.717, 1.165) is 6.54 Å². The first-order chi connectivity index (χ1) is 9.65. The van der Waals surface area contributed by atoms with Crippen molar-refractivity contribution in [1.29, 1.82) is 0 Å². The second-order valence-corrected chi connectivity index (χ2v) is 5.15. The summed E-state index contributed by atoms with van der Waals surface area (Å²) in [5, 5.41) is 3.34. The summed E-state index contributed by atoms with van der Waals surface area (Å²) in [5.74, 6) is -0.589. The fraction of sp³-hybridized carbons (Fsp3) is 0.400. The average molecular weight is 278 g/mol. The maximum Gasteiger partial charge on any atom is 0.196 e. The third-order valence-corrected chi connectivity index (χ3v) is 3.43. The average Bonchev–Trinajstić information content (AvgIpc) is 3.13. The Labute approximate surface area is 116 Å². The lowest BCUT2D eigenvalue weighted by Crippen LogP contribution is -2.19. The minimum Gasteiger partial charge on any atom is -0.440 e. The van der Waals surface area contributed by atoms with Crippen LogP contribution in [0, 0.1) is 18.6 Å². The second kappa shape index (κ2) is 5.32. The number of hydrogen-bond donors (Lipinski definition) is 1. The zero-order chi connectivity index (χ0) is 14.1. The van der Waals surface area contributed by atoms with Gasteiger partial charge in [-0.15, -0.1) is 0 Å². The van der Waals surface area contributed by atoms with E-state index in [9.17, 15) is 8.78 Å². The Kier molecular flexibility index (Phi) is 3.53. The second-order valence-electron chi connectivity index (χ2n) is 5.15. The van der Waals surface area contributed by atoms with Crippen LogP contribution in [0.2, 0.25) is 0 Å². The molecule has 1 aliphatic rings. The molecule has 0 atom stereocenters. The molecule has 0 amide bonds. The van der Waals surface area contributed by atoms with Crippen LogP contribution in [0.25, 0.3) is 11.3 Å². The van der Waals surface area contributed by atoms with Crippen molar-refractivity contribution < 1.29 is 13.2 Å². The van der Waals surface area contributed by atoms with Crippen molar-refractivity contribution >= 4 is 0 Å². The SMILES string of the molecule is Cc1ccc(F)c(-c2cnc(CCNC3CC3)o2)c1F. The number of oxazole rings is 1. The first-order valence-corrected chi connectivity index (χ1v) is 6.78. The molecule has 1 heterocycles. The van der Waals surface area contributed by atoms with Gasteiger partial charge >= 0.3 is 0 Å². The van der Waals surface area contributed by atoms with Gasteiger partial charge in [-0.1, -0.05) is 6.07 Å². The molecule has 2 aromatic rings. The van der Waals surface area contributed by atoms with Crippen molar-refractivity contribution in [1.82, 2.24) is 10.3 Å². The summed E-state index contributed by atoms with van der Waals surface area (Å²) in [7, 11) is 0. The molecule has 1 aromatic heterocycles. The Morgan fingerprint density at radius 3 is 2.90 bits per heavy atom. The van der Waals surface area contributed by atoms with Crippen LogP contribution in [0.4, 0.5) is 8.78 Å². The number of halogens is 2. The number of aryl methyl sites for hydroxylation is 1. The van der Waals surface area contributed by atoms with E-state index in [2.05, 4.69) is 10.3 Å². The van der Waals surface area contributed by atoms with E-state index in [-0.39, 0.29) is 11.3 Å². The summed E-state index contributed by atoms with van der Waals surface area (Å²) in [5.41, 5.74) is 0.244. The number of nitrogens with zero attached hydrogens (tertiary/aromatic N) is 1. The van der Waals surface area contributed by atoms with Crippen LogP contribution in [-0.4, -0.2) is 17.6 Å². The van der Waals surface area contributed by atoms with Gasteiger partial charge in [0.15, 0.2) is 11.7 Å². The Morgan fingerprint density at radius 2 is 2.15 bits per heavy atom. The number of nitrogens with one attached hydrogen (secondary N) is 1. The van der Waals surface area contributed by atoms with Gasteiger partial charge in [0.2, 0.25) is 0 Å². The van der Waals surface area contributed by atoms with E-state index in [0.29, 0.717) is 23.9 Å². The largest absolute Gasteiger partial charge is 0.440 e. The van der Waals surface area contributed by atoms with Crippen molar-refractivity contribution in [2.24, 2.45) is 0 Å². The van der Waals surface area contributed by atoms with Gasteiger partial charge in [0.05, 0.1) is 11.8 Å². The van der Waals surface area contributed by atoms with Gasteiger partial charge in [-0.25, -0.2) is 13.8 Å². The Bertz CT molecular complexity index is 620. The molecule has 5 heteroatoms. The highest BCUT2D eigenvalue weighted by molar-refractivity contribution is 5.59. The standard InChI is InChI=1S/C15H16F2N2O/c1-9-2-5-11(16)14(15(9)17)12-8-19-13(20-12)6-7-18-10-3-4-10/h2,5,8,10,18H,3-4,6-7H2,1H3. The molecule has 106 valence electrons. The molecule has 0 aliphatic heterocycles. The van der Waals surface area contributed by atoms with Gasteiger partial charge in [-0.3, -0.25) is 0 Å². The van der Waals surface area contributed by atoms with Crippen LogP contribution in [-0.2, 0) is 6.42 Å². The summed E-state index contributed by atoms with van der Waals surface area (Å²) >= 11 is 0. The monoisotopic (exact) mass is 278 g/mol. The van der Waals surface area contributed by atoms with Crippen LogP contribution in [0.15, 0.2) is 22.7 Å². The molecule has 1 saturated carbocycles. The lowest BCUT2D eigenvalue weighted by Gasteiger charge is -2.04. The Hall–Kier alpha value is -1.75. The van der Waals surface area contributed by atoms with Crippen molar-refractivity contribution in [2.45, 2.75) is 32.2 Å². The molecule has 0 bridgehead atoms. The predicted octanol–water partition coefficient (Wildman–Crippen LogP) is 3.22. The summed E-state index contributed by atoms with van der Waals surface area (Å²) < 4.78 is 33.2. The molecule has 1 aliphatic carbocycles. The van der Waals surface area contributed by atoms with Gasteiger partial charge in [0.1, 0.15) is 11.6 Å². The number of hydrogen-bond acceptors (Lipinski definition) is 3. The topological polar surface area (TPSA) is 38.1 Å². The van der Waals surface area contributed by atoms with Gasteiger partial charge in [-0.2, -0.15) is 0 Å².